The third-order valence-electron chi connectivity index (χ3n) is 3.64. The molecule has 7 nitrogen and oxygen atoms in total. The summed E-state index contributed by atoms with van der Waals surface area (Å²) >= 11 is 0. The average Bonchev–Trinajstić information content (AvgIpc) is 2.70. The van der Waals surface area contributed by atoms with Crippen molar-refractivity contribution in [1.29, 1.82) is 0 Å². The van der Waals surface area contributed by atoms with E-state index >= 15 is 0 Å². The number of carbonyl (C=O) groups is 1. The van der Waals surface area contributed by atoms with Gasteiger partial charge in [0.15, 0.2) is 0 Å². The quantitative estimate of drug-likeness (QED) is 0.341. The van der Waals surface area contributed by atoms with Gasteiger partial charge in [0.1, 0.15) is 24.9 Å². The zero-order chi connectivity index (χ0) is 15.9. The van der Waals surface area contributed by atoms with Crippen molar-refractivity contribution in [2.75, 3.05) is 13.2 Å². The van der Waals surface area contributed by atoms with Crippen LogP contribution in [-0.4, -0.2) is 63.7 Å². The minimum absolute atomic E-state index is 0.270. The van der Waals surface area contributed by atoms with Gasteiger partial charge in [-0.2, -0.15) is 0 Å². The highest BCUT2D eigenvalue weighted by Crippen LogP contribution is 2.29. The van der Waals surface area contributed by atoms with Crippen molar-refractivity contribution in [3.8, 4) is 0 Å². The lowest BCUT2D eigenvalue weighted by Gasteiger charge is -2.22. The Morgan fingerprint density at radius 3 is 2.48 bits per heavy atom. The summed E-state index contributed by atoms with van der Waals surface area (Å²) in [5.74, 6) is -2.62. The molecule has 4 N–H and O–H groups in total. The van der Waals surface area contributed by atoms with Crippen LogP contribution >= 0.6 is 0 Å². The summed E-state index contributed by atoms with van der Waals surface area (Å²) in [7, 11) is 0. The molecule has 4 atom stereocenters. The Labute approximate surface area is 124 Å². The second-order valence-electron chi connectivity index (χ2n) is 5.44. The predicted molar refractivity (Wildman–Crippen MR) is 73.3 cm³/mol. The van der Waals surface area contributed by atoms with E-state index in [9.17, 15) is 20.1 Å². The van der Waals surface area contributed by atoms with Crippen LogP contribution < -0.4 is 0 Å². The molecule has 0 aromatic heterocycles. The lowest BCUT2D eigenvalue weighted by atomic mass is 10.1. The number of rotatable bonds is 9. The van der Waals surface area contributed by atoms with Gasteiger partial charge in [0.05, 0.1) is 6.61 Å². The number of aliphatic hydroxyl groups is 4. The maximum absolute atomic E-state index is 11.5. The van der Waals surface area contributed by atoms with E-state index in [-0.39, 0.29) is 6.61 Å². The molecule has 1 saturated heterocycles. The van der Waals surface area contributed by atoms with Gasteiger partial charge in [-0.05, 0) is 6.42 Å². The predicted octanol–water partition coefficient (Wildman–Crippen LogP) is -0.308. The van der Waals surface area contributed by atoms with Gasteiger partial charge >= 0.3 is 5.97 Å². The van der Waals surface area contributed by atoms with Crippen LogP contribution in [0.1, 0.15) is 45.4 Å². The maximum Gasteiger partial charge on any atom is 0.305 e. The van der Waals surface area contributed by atoms with Gasteiger partial charge in [-0.1, -0.05) is 32.6 Å². The number of unbranched alkanes of at least 4 members (excludes halogenated alkanes) is 4. The number of hydrogen-bond acceptors (Lipinski definition) is 7. The van der Waals surface area contributed by atoms with Crippen LogP contribution in [0.25, 0.3) is 0 Å². The molecule has 0 aromatic carbocycles. The standard InChI is InChI=1S/C14H26O7/c1-2-3-4-5-6-7-11(16)20-8-10-12(17)13(18)14(19,9-15)21-10/h10,12-13,15,17-19H,2-9H2,1H3/t10-,12-,13+,14-/m1/s1. The molecule has 1 fully saturated rings. The van der Waals surface area contributed by atoms with Crippen LogP contribution in [0.4, 0.5) is 0 Å². The summed E-state index contributed by atoms with van der Waals surface area (Å²) in [6.07, 6.45) is 1.26. The zero-order valence-corrected chi connectivity index (χ0v) is 12.4. The van der Waals surface area contributed by atoms with Crippen LogP contribution in [-0.2, 0) is 14.3 Å². The third-order valence-corrected chi connectivity index (χ3v) is 3.64. The molecule has 0 spiro atoms. The fourth-order valence-electron chi connectivity index (χ4n) is 2.26. The Bertz CT molecular complexity index is 322. The van der Waals surface area contributed by atoms with Crippen molar-refractivity contribution in [2.45, 2.75) is 69.5 Å². The van der Waals surface area contributed by atoms with E-state index in [2.05, 4.69) is 6.92 Å². The van der Waals surface area contributed by atoms with Crippen LogP contribution in [0.15, 0.2) is 0 Å². The average molecular weight is 306 g/mol. The molecule has 7 heteroatoms. The molecule has 1 rings (SSSR count). The number of aliphatic hydroxyl groups excluding tert-OH is 3. The molecule has 0 saturated carbocycles. The number of hydrogen-bond donors (Lipinski definition) is 4. The molecule has 0 amide bonds. The number of carbonyl (C=O) groups excluding carboxylic acids is 1. The highest BCUT2D eigenvalue weighted by Gasteiger charge is 2.53. The second kappa shape index (κ2) is 8.65. The molecule has 124 valence electrons. The highest BCUT2D eigenvalue weighted by atomic mass is 16.7. The van der Waals surface area contributed by atoms with Gasteiger partial charge in [0.25, 0.3) is 0 Å². The van der Waals surface area contributed by atoms with E-state index in [4.69, 9.17) is 14.6 Å². The maximum atomic E-state index is 11.5. The molecule has 0 aromatic rings. The second-order valence-corrected chi connectivity index (χ2v) is 5.44. The molecule has 21 heavy (non-hydrogen) atoms. The van der Waals surface area contributed by atoms with Crippen LogP contribution in [0, 0.1) is 0 Å². The van der Waals surface area contributed by atoms with Crippen molar-refractivity contribution in [3.05, 3.63) is 0 Å². The largest absolute Gasteiger partial charge is 0.463 e. The van der Waals surface area contributed by atoms with E-state index in [0.717, 1.165) is 32.1 Å². The minimum atomic E-state index is -2.21. The molecule has 1 aliphatic rings. The summed E-state index contributed by atoms with van der Waals surface area (Å²) in [6, 6.07) is 0. The SMILES string of the molecule is CCCCCCCC(=O)OC[C@H]1O[C@](O)(CO)[C@@H](O)[C@@H]1O. The normalized spacial score (nSPS) is 32.3. The summed E-state index contributed by atoms with van der Waals surface area (Å²) < 4.78 is 9.92. The van der Waals surface area contributed by atoms with Crippen molar-refractivity contribution in [1.82, 2.24) is 0 Å². The van der Waals surface area contributed by atoms with Crippen LogP contribution in [0.5, 0.6) is 0 Å². The lowest BCUT2D eigenvalue weighted by molar-refractivity contribution is -0.248. The van der Waals surface area contributed by atoms with E-state index < -0.39 is 36.7 Å². The van der Waals surface area contributed by atoms with Gasteiger partial charge in [0.2, 0.25) is 5.79 Å². The number of esters is 1. The molecule has 1 heterocycles. The van der Waals surface area contributed by atoms with E-state index in [0.29, 0.717) is 6.42 Å². The van der Waals surface area contributed by atoms with E-state index in [1.807, 2.05) is 0 Å². The highest BCUT2D eigenvalue weighted by molar-refractivity contribution is 5.69. The summed E-state index contributed by atoms with van der Waals surface area (Å²) in [4.78, 5) is 11.5. The van der Waals surface area contributed by atoms with E-state index in [1.54, 1.807) is 0 Å². The molecule has 0 bridgehead atoms. The molecular weight excluding hydrogens is 280 g/mol. The Balaban J connectivity index is 2.24. The topological polar surface area (TPSA) is 116 Å². The first-order valence-corrected chi connectivity index (χ1v) is 7.47. The minimum Gasteiger partial charge on any atom is -0.463 e. The Kier molecular flexibility index (Phi) is 7.55. The molecule has 0 radical (unpaired) electrons. The molecular formula is C14H26O7. The van der Waals surface area contributed by atoms with Crippen LogP contribution in [0.3, 0.4) is 0 Å². The fraction of sp³-hybridized carbons (Fsp3) is 0.929. The number of ether oxygens (including phenoxy) is 2. The summed E-state index contributed by atoms with van der Waals surface area (Å²) in [5, 5.41) is 37.8. The zero-order valence-electron chi connectivity index (χ0n) is 12.4. The third kappa shape index (κ3) is 5.19. The molecule has 0 aliphatic carbocycles. The monoisotopic (exact) mass is 306 g/mol. The summed E-state index contributed by atoms with van der Waals surface area (Å²) in [5.41, 5.74) is 0. The Morgan fingerprint density at radius 1 is 1.24 bits per heavy atom. The van der Waals surface area contributed by atoms with Gasteiger partial charge < -0.3 is 29.9 Å². The first kappa shape index (κ1) is 18.3. The Hall–Kier alpha value is -0.730. The van der Waals surface area contributed by atoms with Gasteiger partial charge in [-0.15, -0.1) is 0 Å². The van der Waals surface area contributed by atoms with Gasteiger partial charge in [0, 0.05) is 6.42 Å². The van der Waals surface area contributed by atoms with Gasteiger partial charge in [-0.3, -0.25) is 4.79 Å². The van der Waals surface area contributed by atoms with Gasteiger partial charge in [-0.25, -0.2) is 0 Å². The van der Waals surface area contributed by atoms with Crippen molar-refractivity contribution >= 4 is 5.97 Å². The first-order chi connectivity index (χ1) is 9.94. The first-order valence-electron chi connectivity index (χ1n) is 7.47. The van der Waals surface area contributed by atoms with Crippen molar-refractivity contribution < 1.29 is 34.7 Å². The summed E-state index contributed by atoms with van der Waals surface area (Å²) in [6.45, 7) is 0.991. The van der Waals surface area contributed by atoms with Crippen LogP contribution in [0.2, 0.25) is 0 Å². The van der Waals surface area contributed by atoms with E-state index in [1.165, 1.54) is 0 Å². The van der Waals surface area contributed by atoms with Crippen molar-refractivity contribution in [3.63, 3.8) is 0 Å². The smallest absolute Gasteiger partial charge is 0.305 e. The van der Waals surface area contributed by atoms with Crippen molar-refractivity contribution in [2.24, 2.45) is 0 Å². The lowest BCUT2D eigenvalue weighted by Crippen LogP contribution is -2.46. The fourth-order valence-corrected chi connectivity index (χ4v) is 2.26. The molecule has 1 aliphatic heterocycles. The molecule has 0 unspecified atom stereocenters. The Morgan fingerprint density at radius 2 is 1.90 bits per heavy atom.